The van der Waals surface area contributed by atoms with Crippen LogP contribution in [0.4, 0.5) is 16.2 Å². The van der Waals surface area contributed by atoms with E-state index >= 15 is 0 Å². The average molecular weight is 380 g/mol. The summed E-state index contributed by atoms with van der Waals surface area (Å²) in [6.07, 6.45) is 2.59. The van der Waals surface area contributed by atoms with Crippen LogP contribution >= 0.6 is 0 Å². The smallest absolute Gasteiger partial charge is 0.322 e. The van der Waals surface area contributed by atoms with Crippen molar-refractivity contribution in [1.82, 2.24) is 4.90 Å². The van der Waals surface area contributed by atoms with Gasteiger partial charge in [0.25, 0.3) is 0 Å². The quantitative estimate of drug-likeness (QED) is 0.755. The predicted molar refractivity (Wildman–Crippen MR) is 114 cm³/mol. The number of carbonyl (C=O) groups is 2. The Kier molecular flexibility index (Phi) is 6.34. The Balaban J connectivity index is 1.62. The van der Waals surface area contributed by atoms with Crippen molar-refractivity contribution in [2.75, 3.05) is 17.2 Å². The molecule has 5 nitrogen and oxygen atoms in total. The minimum atomic E-state index is -0.445. The van der Waals surface area contributed by atoms with E-state index in [2.05, 4.69) is 36.6 Å². The molecule has 1 heterocycles. The fourth-order valence-corrected chi connectivity index (χ4v) is 3.47. The van der Waals surface area contributed by atoms with Gasteiger partial charge in [0.05, 0.1) is 0 Å². The number of urea groups is 1. The molecule has 0 saturated carbocycles. The van der Waals surface area contributed by atoms with E-state index in [0.717, 1.165) is 29.8 Å². The van der Waals surface area contributed by atoms with Crippen molar-refractivity contribution in [3.63, 3.8) is 0 Å². The van der Waals surface area contributed by atoms with Gasteiger partial charge >= 0.3 is 6.03 Å². The normalized spacial score (nSPS) is 17.2. The van der Waals surface area contributed by atoms with E-state index in [1.165, 1.54) is 5.56 Å². The van der Waals surface area contributed by atoms with Gasteiger partial charge in [0.15, 0.2) is 0 Å². The Labute approximate surface area is 167 Å². The summed E-state index contributed by atoms with van der Waals surface area (Å²) in [6.45, 7) is 6.94. The van der Waals surface area contributed by atoms with Crippen LogP contribution < -0.4 is 10.6 Å². The number of benzene rings is 2. The lowest BCUT2D eigenvalue weighted by Gasteiger charge is -2.24. The molecule has 1 fully saturated rings. The van der Waals surface area contributed by atoms with Crippen molar-refractivity contribution >= 4 is 23.3 Å². The first-order chi connectivity index (χ1) is 13.5. The molecule has 2 atom stereocenters. The highest BCUT2D eigenvalue weighted by atomic mass is 16.2. The van der Waals surface area contributed by atoms with Crippen molar-refractivity contribution in [2.24, 2.45) is 0 Å². The van der Waals surface area contributed by atoms with Crippen LogP contribution in [0.1, 0.15) is 50.2 Å². The number of nitrogens with zero attached hydrogens (tertiary/aromatic N) is 1. The van der Waals surface area contributed by atoms with Gasteiger partial charge in [-0.3, -0.25) is 4.79 Å². The monoisotopic (exact) mass is 379 g/mol. The third kappa shape index (κ3) is 4.71. The van der Waals surface area contributed by atoms with Crippen LogP contribution in [0, 0.1) is 6.92 Å². The molecule has 3 amide bonds. The molecule has 28 heavy (non-hydrogen) atoms. The van der Waals surface area contributed by atoms with Gasteiger partial charge in [-0.05, 0) is 61.9 Å². The Morgan fingerprint density at radius 3 is 2.29 bits per heavy atom. The van der Waals surface area contributed by atoms with E-state index in [1.807, 2.05) is 43.3 Å². The number of rotatable bonds is 5. The second-order valence-corrected chi connectivity index (χ2v) is 7.57. The van der Waals surface area contributed by atoms with E-state index in [4.69, 9.17) is 0 Å². The lowest BCUT2D eigenvalue weighted by atomic mass is 9.98. The fraction of sp³-hybridized carbons (Fsp3) is 0.391. The summed E-state index contributed by atoms with van der Waals surface area (Å²) in [6, 6.07) is 15.0. The number of carbonyl (C=O) groups excluding carboxylic acids is 2. The van der Waals surface area contributed by atoms with E-state index < -0.39 is 6.04 Å². The topological polar surface area (TPSA) is 61.4 Å². The van der Waals surface area contributed by atoms with Crippen LogP contribution in [0.15, 0.2) is 48.5 Å². The number of hydrogen-bond acceptors (Lipinski definition) is 2. The van der Waals surface area contributed by atoms with Crippen LogP contribution in [-0.2, 0) is 4.79 Å². The zero-order chi connectivity index (χ0) is 20.1. The molecular formula is C23H29N3O2. The largest absolute Gasteiger partial charge is 0.324 e. The van der Waals surface area contributed by atoms with Gasteiger partial charge in [-0.2, -0.15) is 0 Å². The molecule has 1 aliphatic heterocycles. The number of amides is 3. The van der Waals surface area contributed by atoms with Crippen molar-refractivity contribution in [1.29, 1.82) is 0 Å². The molecule has 0 aromatic heterocycles. The van der Waals surface area contributed by atoms with E-state index in [-0.39, 0.29) is 11.9 Å². The minimum Gasteiger partial charge on any atom is -0.324 e. The number of aryl methyl sites for hydroxylation is 1. The number of hydrogen-bond donors (Lipinski definition) is 2. The van der Waals surface area contributed by atoms with Gasteiger partial charge in [0.2, 0.25) is 5.91 Å². The van der Waals surface area contributed by atoms with Gasteiger partial charge in [-0.1, -0.05) is 43.7 Å². The maximum absolute atomic E-state index is 12.8. The second kappa shape index (κ2) is 8.91. The SMILES string of the molecule is CC[C@@H](C)c1ccc(NC(=O)[C@H]2CCCN2C(=O)Nc2ccc(C)cc2)cc1. The third-order valence-electron chi connectivity index (χ3n) is 5.48. The maximum Gasteiger partial charge on any atom is 0.322 e. The highest BCUT2D eigenvalue weighted by Crippen LogP contribution is 2.23. The highest BCUT2D eigenvalue weighted by molar-refractivity contribution is 5.99. The first kappa shape index (κ1) is 19.9. The Morgan fingerprint density at radius 2 is 1.64 bits per heavy atom. The standard InChI is InChI=1S/C23H29N3O2/c1-4-17(3)18-9-13-19(14-10-18)24-22(27)21-6-5-15-26(21)23(28)25-20-11-7-16(2)8-12-20/h7-14,17,21H,4-6,15H2,1-3H3,(H,24,27)(H,25,28)/t17-,21-/m1/s1. The Bertz CT molecular complexity index is 815. The van der Waals surface area contributed by atoms with Gasteiger partial charge in [0, 0.05) is 17.9 Å². The summed E-state index contributed by atoms with van der Waals surface area (Å²) >= 11 is 0. The molecule has 2 N–H and O–H groups in total. The molecule has 5 heteroatoms. The van der Waals surface area contributed by atoms with Gasteiger partial charge in [-0.25, -0.2) is 4.79 Å². The van der Waals surface area contributed by atoms with Crippen molar-refractivity contribution < 1.29 is 9.59 Å². The second-order valence-electron chi connectivity index (χ2n) is 7.57. The number of likely N-dealkylation sites (tertiary alicyclic amines) is 1. The molecule has 0 radical (unpaired) electrons. The molecule has 0 aliphatic carbocycles. The van der Waals surface area contributed by atoms with Crippen LogP contribution in [0.3, 0.4) is 0 Å². The number of anilines is 2. The Hall–Kier alpha value is -2.82. The predicted octanol–water partition coefficient (Wildman–Crippen LogP) is 5.14. The zero-order valence-electron chi connectivity index (χ0n) is 16.9. The van der Waals surface area contributed by atoms with Gasteiger partial charge in [-0.15, -0.1) is 0 Å². The summed E-state index contributed by atoms with van der Waals surface area (Å²) in [5.41, 5.74) is 3.90. The fourth-order valence-electron chi connectivity index (χ4n) is 3.47. The summed E-state index contributed by atoms with van der Waals surface area (Å²) in [4.78, 5) is 27.1. The van der Waals surface area contributed by atoms with Crippen molar-refractivity contribution in [2.45, 2.75) is 52.0 Å². The molecule has 0 spiro atoms. The molecule has 0 unspecified atom stereocenters. The molecule has 1 aliphatic rings. The van der Waals surface area contributed by atoms with Crippen LogP contribution in [0.5, 0.6) is 0 Å². The van der Waals surface area contributed by atoms with Crippen LogP contribution in [0.25, 0.3) is 0 Å². The molecule has 148 valence electrons. The summed E-state index contributed by atoms with van der Waals surface area (Å²) in [5.74, 6) is 0.369. The molecule has 3 rings (SSSR count). The third-order valence-corrected chi connectivity index (χ3v) is 5.48. The minimum absolute atomic E-state index is 0.132. The van der Waals surface area contributed by atoms with Crippen molar-refractivity contribution in [3.8, 4) is 0 Å². The molecule has 2 aromatic carbocycles. The summed E-state index contributed by atoms with van der Waals surface area (Å²) in [7, 11) is 0. The number of nitrogens with one attached hydrogen (secondary N) is 2. The van der Waals surface area contributed by atoms with Crippen molar-refractivity contribution in [3.05, 3.63) is 59.7 Å². The van der Waals surface area contributed by atoms with E-state index in [1.54, 1.807) is 4.90 Å². The summed E-state index contributed by atoms with van der Waals surface area (Å²) in [5, 5.41) is 5.86. The molecular weight excluding hydrogens is 350 g/mol. The zero-order valence-corrected chi connectivity index (χ0v) is 16.9. The van der Waals surface area contributed by atoms with Gasteiger partial charge in [0.1, 0.15) is 6.04 Å². The van der Waals surface area contributed by atoms with Crippen LogP contribution in [0.2, 0.25) is 0 Å². The lowest BCUT2D eigenvalue weighted by Crippen LogP contribution is -2.45. The highest BCUT2D eigenvalue weighted by Gasteiger charge is 2.34. The van der Waals surface area contributed by atoms with Gasteiger partial charge < -0.3 is 15.5 Å². The van der Waals surface area contributed by atoms with Crippen LogP contribution in [-0.4, -0.2) is 29.4 Å². The molecule has 0 bridgehead atoms. The van der Waals surface area contributed by atoms with E-state index in [0.29, 0.717) is 18.9 Å². The van der Waals surface area contributed by atoms with E-state index in [9.17, 15) is 9.59 Å². The molecule has 2 aromatic rings. The first-order valence-corrected chi connectivity index (χ1v) is 10.0. The summed E-state index contributed by atoms with van der Waals surface area (Å²) < 4.78 is 0. The Morgan fingerprint density at radius 1 is 1.04 bits per heavy atom. The maximum atomic E-state index is 12.8. The lowest BCUT2D eigenvalue weighted by molar-refractivity contribution is -0.119. The first-order valence-electron chi connectivity index (χ1n) is 10.0. The average Bonchev–Trinajstić information content (AvgIpc) is 3.20. The molecule has 1 saturated heterocycles.